The third-order valence-electron chi connectivity index (χ3n) is 3.24. The molecular formula is C17H25N3O. The van der Waals surface area contributed by atoms with E-state index in [0.29, 0.717) is 5.92 Å². The summed E-state index contributed by atoms with van der Waals surface area (Å²) in [6, 6.07) is 8.27. The van der Waals surface area contributed by atoms with Gasteiger partial charge in [-0.3, -0.25) is 4.68 Å². The SMILES string of the molecule is Cc1nn(C)cc1CNCc1cccc(OCC(C)C)c1. The summed E-state index contributed by atoms with van der Waals surface area (Å²) >= 11 is 0. The van der Waals surface area contributed by atoms with Crippen LogP contribution in [0.15, 0.2) is 30.5 Å². The zero-order valence-corrected chi connectivity index (χ0v) is 13.4. The summed E-state index contributed by atoms with van der Waals surface area (Å²) in [5.41, 5.74) is 3.56. The summed E-state index contributed by atoms with van der Waals surface area (Å²) in [7, 11) is 1.95. The summed E-state index contributed by atoms with van der Waals surface area (Å²) in [6.07, 6.45) is 2.06. The van der Waals surface area contributed by atoms with Crippen LogP contribution in [0.3, 0.4) is 0 Å². The number of hydrogen-bond acceptors (Lipinski definition) is 3. The van der Waals surface area contributed by atoms with Crippen molar-refractivity contribution >= 4 is 0 Å². The van der Waals surface area contributed by atoms with Crippen LogP contribution in [-0.4, -0.2) is 16.4 Å². The molecule has 4 heteroatoms. The van der Waals surface area contributed by atoms with E-state index in [1.165, 1.54) is 11.1 Å². The fourth-order valence-corrected chi connectivity index (χ4v) is 2.17. The summed E-state index contributed by atoms with van der Waals surface area (Å²) in [5, 5.41) is 7.80. The van der Waals surface area contributed by atoms with E-state index in [1.807, 2.05) is 30.8 Å². The minimum atomic E-state index is 0.542. The Bertz CT molecular complexity index is 575. The molecule has 2 aromatic rings. The van der Waals surface area contributed by atoms with Gasteiger partial charge >= 0.3 is 0 Å². The highest BCUT2D eigenvalue weighted by Gasteiger charge is 2.03. The van der Waals surface area contributed by atoms with Crippen molar-refractivity contribution in [1.29, 1.82) is 0 Å². The van der Waals surface area contributed by atoms with Crippen molar-refractivity contribution in [2.45, 2.75) is 33.9 Å². The lowest BCUT2D eigenvalue weighted by atomic mass is 10.2. The summed E-state index contributed by atoms with van der Waals surface area (Å²) in [4.78, 5) is 0. The van der Waals surface area contributed by atoms with Crippen molar-refractivity contribution in [3.8, 4) is 5.75 Å². The van der Waals surface area contributed by atoms with E-state index >= 15 is 0 Å². The monoisotopic (exact) mass is 287 g/mol. The Morgan fingerprint density at radius 3 is 2.76 bits per heavy atom. The molecule has 1 aromatic heterocycles. The molecule has 1 aromatic carbocycles. The van der Waals surface area contributed by atoms with Crippen molar-refractivity contribution < 1.29 is 4.74 Å². The normalized spacial score (nSPS) is 11.1. The molecular weight excluding hydrogens is 262 g/mol. The van der Waals surface area contributed by atoms with Crippen molar-refractivity contribution in [1.82, 2.24) is 15.1 Å². The van der Waals surface area contributed by atoms with Gasteiger partial charge in [-0.05, 0) is 30.5 Å². The number of nitrogens with zero attached hydrogens (tertiary/aromatic N) is 2. The zero-order valence-electron chi connectivity index (χ0n) is 13.4. The summed E-state index contributed by atoms with van der Waals surface area (Å²) < 4.78 is 7.61. The molecule has 2 rings (SSSR count). The third kappa shape index (κ3) is 4.90. The molecule has 0 spiro atoms. The number of rotatable bonds is 7. The van der Waals surface area contributed by atoms with Crippen LogP contribution >= 0.6 is 0 Å². The molecule has 0 aliphatic rings. The number of aryl methyl sites for hydroxylation is 2. The van der Waals surface area contributed by atoms with Crippen LogP contribution in [0, 0.1) is 12.8 Å². The topological polar surface area (TPSA) is 39.1 Å². The predicted octanol–water partition coefficient (Wildman–Crippen LogP) is 3.05. The molecule has 0 aliphatic carbocycles. The fourth-order valence-electron chi connectivity index (χ4n) is 2.17. The molecule has 0 fully saturated rings. The number of ether oxygens (including phenoxy) is 1. The Balaban J connectivity index is 1.85. The Labute approximate surface area is 127 Å². The van der Waals surface area contributed by atoms with Gasteiger partial charge < -0.3 is 10.1 Å². The first-order valence-electron chi connectivity index (χ1n) is 7.46. The third-order valence-corrected chi connectivity index (χ3v) is 3.24. The highest BCUT2D eigenvalue weighted by Crippen LogP contribution is 2.14. The van der Waals surface area contributed by atoms with E-state index in [1.54, 1.807) is 0 Å². The second-order valence-corrected chi connectivity index (χ2v) is 5.87. The van der Waals surface area contributed by atoms with E-state index < -0.39 is 0 Å². The maximum Gasteiger partial charge on any atom is 0.119 e. The fraction of sp³-hybridized carbons (Fsp3) is 0.471. The van der Waals surface area contributed by atoms with E-state index in [2.05, 4.69) is 42.6 Å². The summed E-state index contributed by atoms with van der Waals surface area (Å²) in [6.45, 7) is 8.76. The zero-order chi connectivity index (χ0) is 15.2. The first-order valence-corrected chi connectivity index (χ1v) is 7.46. The molecule has 4 nitrogen and oxygen atoms in total. The maximum absolute atomic E-state index is 5.75. The van der Waals surface area contributed by atoms with Crippen molar-refractivity contribution in [2.75, 3.05) is 6.61 Å². The van der Waals surface area contributed by atoms with E-state index in [4.69, 9.17) is 4.74 Å². The number of aromatic nitrogens is 2. The van der Waals surface area contributed by atoms with Crippen molar-refractivity contribution in [3.63, 3.8) is 0 Å². The second kappa shape index (κ2) is 7.27. The van der Waals surface area contributed by atoms with Crippen LogP contribution < -0.4 is 10.1 Å². The molecule has 0 saturated carbocycles. The average Bonchev–Trinajstić information content (AvgIpc) is 2.75. The second-order valence-electron chi connectivity index (χ2n) is 5.87. The molecule has 0 bridgehead atoms. The molecule has 1 heterocycles. The molecule has 1 N–H and O–H groups in total. The predicted molar refractivity (Wildman–Crippen MR) is 85.3 cm³/mol. The summed E-state index contributed by atoms with van der Waals surface area (Å²) in [5.74, 6) is 1.49. The molecule has 114 valence electrons. The van der Waals surface area contributed by atoms with Gasteiger partial charge in [0.15, 0.2) is 0 Å². The molecule has 0 aliphatic heterocycles. The van der Waals surface area contributed by atoms with Gasteiger partial charge in [-0.15, -0.1) is 0 Å². The molecule has 0 saturated heterocycles. The van der Waals surface area contributed by atoms with Crippen molar-refractivity contribution in [3.05, 3.63) is 47.3 Å². The highest BCUT2D eigenvalue weighted by molar-refractivity contribution is 5.28. The number of benzene rings is 1. The molecule has 0 unspecified atom stereocenters. The first kappa shape index (κ1) is 15.6. The van der Waals surface area contributed by atoms with Crippen LogP contribution in [0.4, 0.5) is 0 Å². The van der Waals surface area contributed by atoms with Gasteiger partial charge in [-0.25, -0.2) is 0 Å². The molecule has 0 amide bonds. The Morgan fingerprint density at radius 2 is 2.10 bits per heavy atom. The first-order chi connectivity index (χ1) is 10.0. The maximum atomic E-state index is 5.75. The van der Waals surface area contributed by atoms with E-state index in [-0.39, 0.29) is 0 Å². The largest absolute Gasteiger partial charge is 0.493 e. The average molecular weight is 287 g/mol. The van der Waals surface area contributed by atoms with Gasteiger partial charge in [0.05, 0.1) is 12.3 Å². The van der Waals surface area contributed by atoms with Gasteiger partial charge in [0.2, 0.25) is 0 Å². The Hall–Kier alpha value is -1.81. The molecule has 0 atom stereocenters. The van der Waals surface area contributed by atoms with E-state index in [9.17, 15) is 0 Å². The van der Waals surface area contributed by atoms with Gasteiger partial charge in [-0.1, -0.05) is 26.0 Å². The minimum absolute atomic E-state index is 0.542. The minimum Gasteiger partial charge on any atom is -0.493 e. The Kier molecular flexibility index (Phi) is 5.39. The van der Waals surface area contributed by atoms with Gasteiger partial charge in [0.1, 0.15) is 5.75 Å². The lowest BCUT2D eigenvalue weighted by Crippen LogP contribution is -2.13. The molecule has 0 radical (unpaired) electrons. The van der Waals surface area contributed by atoms with E-state index in [0.717, 1.165) is 31.1 Å². The van der Waals surface area contributed by atoms with Crippen LogP contribution in [0.2, 0.25) is 0 Å². The van der Waals surface area contributed by atoms with Gasteiger partial charge in [0, 0.05) is 31.9 Å². The highest BCUT2D eigenvalue weighted by atomic mass is 16.5. The number of nitrogens with one attached hydrogen (secondary N) is 1. The Morgan fingerprint density at radius 1 is 1.29 bits per heavy atom. The molecule has 21 heavy (non-hydrogen) atoms. The van der Waals surface area contributed by atoms with Gasteiger partial charge in [0.25, 0.3) is 0 Å². The van der Waals surface area contributed by atoms with Crippen LogP contribution in [0.25, 0.3) is 0 Å². The lowest BCUT2D eigenvalue weighted by Gasteiger charge is -2.10. The van der Waals surface area contributed by atoms with Crippen LogP contribution in [0.1, 0.15) is 30.7 Å². The number of hydrogen-bond donors (Lipinski definition) is 1. The smallest absolute Gasteiger partial charge is 0.119 e. The quantitative estimate of drug-likeness (QED) is 0.850. The van der Waals surface area contributed by atoms with Gasteiger partial charge in [-0.2, -0.15) is 5.10 Å². The van der Waals surface area contributed by atoms with Crippen LogP contribution in [-0.2, 0) is 20.1 Å². The van der Waals surface area contributed by atoms with Crippen LogP contribution in [0.5, 0.6) is 5.75 Å². The van der Waals surface area contributed by atoms with Crippen molar-refractivity contribution in [2.24, 2.45) is 13.0 Å². The lowest BCUT2D eigenvalue weighted by molar-refractivity contribution is 0.271. The standard InChI is InChI=1S/C17H25N3O/c1-13(2)12-21-17-7-5-6-15(8-17)9-18-10-16-11-20(4)19-14(16)3/h5-8,11,13,18H,9-10,12H2,1-4H3.